The molecule has 0 spiro atoms. The van der Waals surface area contributed by atoms with Crippen LogP contribution in [0.25, 0.3) is 132 Å². The van der Waals surface area contributed by atoms with E-state index < -0.39 is 0 Å². The Hall–Kier alpha value is -8.54. The van der Waals surface area contributed by atoms with Crippen LogP contribution >= 0.6 is 0 Å². The highest BCUT2D eigenvalue weighted by molar-refractivity contribution is 6.30. The average Bonchev–Trinajstić information content (AvgIpc) is 4.02. The molecule has 0 radical (unpaired) electrons. The number of fused-ring (bicyclic) bond motifs is 16. The van der Waals surface area contributed by atoms with Crippen molar-refractivity contribution < 1.29 is 4.42 Å². The second-order valence-corrected chi connectivity index (χ2v) is 16.4. The molecule has 0 atom stereocenters. The third-order valence-electron chi connectivity index (χ3n) is 13.1. The Morgan fingerprint density at radius 1 is 0.317 bits per heavy atom. The Labute approximate surface area is 360 Å². The molecule has 0 N–H and O–H groups in total. The van der Waals surface area contributed by atoms with Crippen molar-refractivity contribution in [1.82, 2.24) is 19.1 Å². The van der Waals surface area contributed by atoms with Crippen molar-refractivity contribution in [1.29, 1.82) is 0 Å². The molecule has 63 heavy (non-hydrogen) atoms. The third-order valence-corrected chi connectivity index (χ3v) is 13.1. The highest BCUT2D eigenvalue weighted by Crippen LogP contribution is 2.46. The van der Waals surface area contributed by atoms with Crippen LogP contribution in [0.3, 0.4) is 0 Å². The minimum Gasteiger partial charge on any atom is -0.453 e. The van der Waals surface area contributed by atoms with Gasteiger partial charge in [-0.25, -0.2) is 9.97 Å². The zero-order valence-corrected chi connectivity index (χ0v) is 33.8. The summed E-state index contributed by atoms with van der Waals surface area (Å²) in [5, 5.41) is 12.5. The molecule has 0 bridgehead atoms. The average molecular weight is 803 g/mol. The lowest BCUT2D eigenvalue weighted by atomic mass is 9.94. The van der Waals surface area contributed by atoms with E-state index in [1.54, 1.807) is 0 Å². The molecule has 0 aliphatic rings. The molecule has 0 unspecified atom stereocenters. The quantitative estimate of drug-likeness (QED) is 0.167. The summed E-state index contributed by atoms with van der Waals surface area (Å²) in [5.74, 6) is 0.636. The maximum atomic E-state index is 7.01. The topological polar surface area (TPSA) is 48.8 Å². The summed E-state index contributed by atoms with van der Waals surface area (Å²) in [5.41, 5.74) is 12.2. The molecule has 0 aliphatic heterocycles. The maximum Gasteiger partial charge on any atom is 0.235 e. The number of benzene rings is 10. The summed E-state index contributed by atoms with van der Waals surface area (Å²) < 4.78 is 11.7. The Bertz CT molecular complexity index is 4200. The molecule has 14 aromatic rings. The van der Waals surface area contributed by atoms with Crippen molar-refractivity contribution in [2.24, 2.45) is 0 Å². The third kappa shape index (κ3) is 4.76. The fourth-order valence-corrected chi connectivity index (χ4v) is 10.5. The van der Waals surface area contributed by atoms with E-state index in [-0.39, 0.29) is 0 Å². The van der Waals surface area contributed by atoms with Gasteiger partial charge >= 0.3 is 0 Å². The van der Waals surface area contributed by atoms with Gasteiger partial charge in [0.1, 0.15) is 5.58 Å². The highest BCUT2D eigenvalue weighted by Gasteiger charge is 2.25. The minimum atomic E-state index is 0.636. The van der Waals surface area contributed by atoms with Crippen LogP contribution in [0.4, 0.5) is 0 Å². The molecular formula is C58H34N4O. The van der Waals surface area contributed by atoms with E-state index in [2.05, 4.69) is 215 Å². The van der Waals surface area contributed by atoms with Gasteiger partial charge in [-0.1, -0.05) is 176 Å². The van der Waals surface area contributed by atoms with Gasteiger partial charge in [-0.2, -0.15) is 0 Å². The van der Waals surface area contributed by atoms with Gasteiger partial charge in [0.15, 0.2) is 5.58 Å². The molecule has 0 saturated heterocycles. The first-order valence-electron chi connectivity index (χ1n) is 21.4. The van der Waals surface area contributed by atoms with E-state index in [4.69, 9.17) is 14.4 Å². The molecule has 0 aliphatic carbocycles. The van der Waals surface area contributed by atoms with Crippen LogP contribution < -0.4 is 0 Å². The van der Waals surface area contributed by atoms with Crippen LogP contribution in [0.2, 0.25) is 0 Å². The fourth-order valence-electron chi connectivity index (χ4n) is 10.5. The van der Waals surface area contributed by atoms with Crippen molar-refractivity contribution in [3.8, 4) is 34.0 Å². The summed E-state index contributed by atoms with van der Waals surface area (Å²) in [6, 6.07) is 73.3. The van der Waals surface area contributed by atoms with Gasteiger partial charge in [-0.3, -0.25) is 4.57 Å². The second kappa shape index (κ2) is 13.0. The summed E-state index contributed by atoms with van der Waals surface area (Å²) in [6.07, 6.45) is 0. The van der Waals surface area contributed by atoms with E-state index in [1.165, 1.54) is 21.5 Å². The van der Waals surface area contributed by atoms with Gasteiger partial charge in [-0.05, 0) is 52.1 Å². The lowest BCUT2D eigenvalue weighted by Crippen LogP contribution is -2.04. The van der Waals surface area contributed by atoms with E-state index in [0.717, 1.165) is 105 Å². The van der Waals surface area contributed by atoms with E-state index in [1.807, 2.05) is 0 Å². The first-order chi connectivity index (χ1) is 31.3. The van der Waals surface area contributed by atoms with Gasteiger partial charge in [-0.15, -0.1) is 0 Å². The molecule has 4 aromatic heterocycles. The number of hydrogen-bond acceptors (Lipinski definition) is 3. The van der Waals surface area contributed by atoms with Crippen molar-refractivity contribution in [3.05, 3.63) is 206 Å². The smallest absolute Gasteiger partial charge is 0.235 e. The predicted molar refractivity (Wildman–Crippen MR) is 261 cm³/mol. The second-order valence-electron chi connectivity index (χ2n) is 16.4. The van der Waals surface area contributed by atoms with Gasteiger partial charge < -0.3 is 8.98 Å². The molecule has 0 saturated carbocycles. The van der Waals surface area contributed by atoms with Crippen molar-refractivity contribution in [2.75, 3.05) is 0 Å². The van der Waals surface area contributed by atoms with Crippen LogP contribution in [0.1, 0.15) is 0 Å². The van der Waals surface area contributed by atoms with Gasteiger partial charge in [0, 0.05) is 54.2 Å². The predicted octanol–water partition coefficient (Wildman–Crippen LogP) is 15.4. The number of furan rings is 1. The molecule has 0 fully saturated rings. The summed E-state index contributed by atoms with van der Waals surface area (Å²) in [6.45, 7) is 0. The molecule has 292 valence electrons. The lowest BCUT2D eigenvalue weighted by molar-refractivity contribution is 0.667. The molecule has 0 amide bonds. The van der Waals surface area contributed by atoms with E-state index >= 15 is 0 Å². The van der Waals surface area contributed by atoms with E-state index in [9.17, 15) is 0 Å². The monoisotopic (exact) mass is 802 g/mol. The summed E-state index contributed by atoms with van der Waals surface area (Å²) in [7, 11) is 0. The molecular weight excluding hydrogens is 769 g/mol. The van der Waals surface area contributed by atoms with Crippen LogP contribution in [0, 0.1) is 0 Å². The highest BCUT2D eigenvalue weighted by atomic mass is 16.3. The van der Waals surface area contributed by atoms with Crippen molar-refractivity contribution in [2.45, 2.75) is 0 Å². The molecule has 4 heterocycles. The molecule has 5 heteroatoms. The fraction of sp³-hybridized carbons (Fsp3) is 0. The van der Waals surface area contributed by atoms with Crippen LogP contribution in [-0.2, 0) is 0 Å². The number of nitrogens with zero attached hydrogens (tertiary/aromatic N) is 4. The van der Waals surface area contributed by atoms with E-state index in [0.29, 0.717) is 5.95 Å². The number of hydrogen-bond donors (Lipinski definition) is 0. The van der Waals surface area contributed by atoms with Crippen LogP contribution in [-0.4, -0.2) is 19.1 Å². The Balaban J connectivity index is 1.09. The number of aromatic nitrogens is 4. The molecule has 10 aromatic carbocycles. The Kier molecular flexibility index (Phi) is 7.05. The van der Waals surface area contributed by atoms with Crippen LogP contribution in [0.15, 0.2) is 211 Å². The normalized spacial score (nSPS) is 12.1. The number of rotatable bonds is 4. The zero-order chi connectivity index (χ0) is 41.2. The first-order valence-corrected chi connectivity index (χ1v) is 21.4. The summed E-state index contributed by atoms with van der Waals surface area (Å²) >= 11 is 0. The number of para-hydroxylation sites is 4. The lowest BCUT2D eigenvalue weighted by Gasteiger charge is -2.16. The van der Waals surface area contributed by atoms with Crippen molar-refractivity contribution in [3.63, 3.8) is 0 Å². The van der Waals surface area contributed by atoms with Crippen molar-refractivity contribution >= 4 is 98.0 Å². The largest absolute Gasteiger partial charge is 0.453 e. The zero-order valence-electron chi connectivity index (χ0n) is 33.8. The van der Waals surface area contributed by atoms with Crippen LogP contribution in [0.5, 0.6) is 0 Å². The van der Waals surface area contributed by atoms with Gasteiger partial charge in [0.2, 0.25) is 5.95 Å². The standard InChI is InChI=1S/C58H34N4O/c1-3-17-35(18-4-1)37-27-15-28-42-43-29-16-32-50(57(43)63-56(37)42)61-46-30-13-11-25-44(46)51-48(61)33-34-49-52(51)45-26-12-14-31-47(45)62(49)58-59-54(36-19-5-2-6-20-36)53-40-23-9-7-21-38(40)39-22-8-10-24-41(39)55(53)60-58/h1-34H. The SMILES string of the molecule is c1ccc(-c2cccc3c2oc2c(-n4c5ccccc5c5c6c7ccccc7n(-c7nc(-c8ccccc8)c8c9ccccc9c9ccccc9c8n7)c6ccc54)cccc23)cc1. The first kappa shape index (κ1) is 34.2. The molecule has 14 rings (SSSR count). The maximum absolute atomic E-state index is 7.01. The minimum absolute atomic E-state index is 0.636. The van der Waals surface area contributed by atoms with Gasteiger partial charge in [0.25, 0.3) is 0 Å². The molecule has 5 nitrogen and oxygen atoms in total. The Morgan fingerprint density at radius 3 is 1.52 bits per heavy atom. The summed E-state index contributed by atoms with van der Waals surface area (Å²) in [4.78, 5) is 11.2. The Morgan fingerprint density at radius 2 is 0.825 bits per heavy atom. The van der Waals surface area contributed by atoms with Gasteiger partial charge in [0.05, 0.1) is 39.0 Å².